The summed E-state index contributed by atoms with van der Waals surface area (Å²) in [7, 11) is 0. The second-order valence-electron chi connectivity index (χ2n) is 7.07. The fourth-order valence-electron chi connectivity index (χ4n) is 2.47. The van der Waals surface area contributed by atoms with E-state index in [9.17, 15) is 24.0 Å². The molecule has 0 aliphatic heterocycles. The van der Waals surface area contributed by atoms with Crippen LogP contribution in [-0.2, 0) is 24.0 Å². The Kier molecular flexibility index (Phi) is 13.5. The minimum Gasteiger partial charge on any atom is -0.480 e. The van der Waals surface area contributed by atoms with Crippen LogP contribution in [-0.4, -0.2) is 82.6 Å². The number of nitrogens with one attached hydrogen (secondary N) is 3. The molecule has 178 valence electrons. The largest absolute Gasteiger partial charge is 0.480 e. The van der Waals surface area contributed by atoms with Gasteiger partial charge >= 0.3 is 5.97 Å². The Bertz CT molecular complexity index is 649. The fraction of sp³-hybridized carbons (Fsp3) is 0.722. The summed E-state index contributed by atoms with van der Waals surface area (Å²) < 4.78 is 0. The van der Waals surface area contributed by atoms with Crippen molar-refractivity contribution in [2.24, 2.45) is 17.4 Å². The van der Waals surface area contributed by atoms with Gasteiger partial charge in [0.05, 0.1) is 19.1 Å². The maximum absolute atomic E-state index is 12.8. The van der Waals surface area contributed by atoms with Crippen LogP contribution in [0.4, 0.5) is 0 Å². The van der Waals surface area contributed by atoms with Crippen molar-refractivity contribution in [2.45, 2.75) is 57.3 Å². The highest BCUT2D eigenvalue weighted by Gasteiger charge is 2.33. The number of carboxylic acids is 1. The summed E-state index contributed by atoms with van der Waals surface area (Å²) >= 11 is 1.49. The Morgan fingerprint density at radius 1 is 1.00 bits per heavy atom. The molecule has 0 saturated carbocycles. The highest BCUT2D eigenvalue weighted by molar-refractivity contribution is 7.98. The van der Waals surface area contributed by atoms with E-state index in [1.807, 2.05) is 6.26 Å². The molecule has 0 rings (SSSR count). The van der Waals surface area contributed by atoms with Gasteiger partial charge in [-0.25, -0.2) is 4.79 Å². The van der Waals surface area contributed by atoms with Gasteiger partial charge in [0.15, 0.2) is 0 Å². The van der Waals surface area contributed by atoms with E-state index >= 15 is 0 Å². The summed E-state index contributed by atoms with van der Waals surface area (Å²) in [5, 5.41) is 25.1. The number of aliphatic hydroxyl groups excluding tert-OH is 1. The van der Waals surface area contributed by atoms with Crippen LogP contribution in [0.5, 0.6) is 0 Å². The molecule has 12 nitrogen and oxygen atoms in total. The second kappa shape index (κ2) is 14.6. The smallest absolute Gasteiger partial charge is 0.328 e. The molecule has 0 aliphatic carbocycles. The van der Waals surface area contributed by atoms with E-state index in [-0.39, 0.29) is 0 Å². The van der Waals surface area contributed by atoms with Gasteiger partial charge < -0.3 is 37.6 Å². The third-order valence-corrected chi connectivity index (χ3v) is 5.24. The fourth-order valence-corrected chi connectivity index (χ4v) is 2.96. The molecular weight excluding hydrogens is 430 g/mol. The molecule has 0 aliphatic rings. The maximum atomic E-state index is 12.8. The van der Waals surface area contributed by atoms with Crippen molar-refractivity contribution >= 4 is 41.4 Å². The molecule has 0 aromatic carbocycles. The Balaban J connectivity index is 5.44. The topological polar surface area (TPSA) is 214 Å². The lowest BCUT2D eigenvalue weighted by molar-refractivity contribution is -0.143. The lowest BCUT2D eigenvalue weighted by atomic mass is 9.97. The van der Waals surface area contributed by atoms with Crippen LogP contribution in [0.3, 0.4) is 0 Å². The molecule has 0 bridgehead atoms. The maximum Gasteiger partial charge on any atom is 0.328 e. The summed E-state index contributed by atoms with van der Waals surface area (Å²) in [5.74, 6) is -4.42. The average Bonchev–Trinajstić information content (AvgIpc) is 2.71. The summed E-state index contributed by atoms with van der Waals surface area (Å²) in [6, 6.07) is -4.99. The average molecular weight is 464 g/mol. The lowest BCUT2D eigenvalue weighted by Crippen LogP contribution is -2.59. The molecule has 5 atom stereocenters. The highest BCUT2D eigenvalue weighted by Crippen LogP contribution is 2.10. The van der Waals surface area contributed by atoms with Crippen LogP contribution >= 0.6 is 11.8 Å². The molecule has 9 N–H and O–H groups in total. The van der Waals surface area contributed by atoms with Crippen LogP contribution in [0, 0.1) is 5.92 Å². The number of rotatable bonds is 15. The Morgan fingerprint density at radius 3 is 2.03 bits per heavy atom. The first-order chi connectivity index (χ1) is 14.5. The van der Waals surface area contributed by atoms with Gasteiger partial charge in [-0.1, -0.05) is 20.3 Å². The number of hydrogen-bond donors (Lipinski definition) is 7. The van der Waals surface area contributed by atoms with Crippen LogP contribution in [0.1, 0.15) is 33.1 Å². The highest BCUT2D eigenvalue weighted by atomic mass is 32.2. The van der Waals surface area contributed by atoms with Crippen LogP contribution in [0.25, 0.3) is 0 Å². The van der Waals surface area contributed by atoms with Gasteiger partial charge in [0.1, 0.15) is 18.1 Å². The van der Waals surface area contributed by atoms with Crippen molar-refractivity contribution in [2.75, 3.05) is 18.6 Å². The zero-order valence-electron chi connectivity index (χ0n) is 17.9. The zero-order valence-corrected chi connectivity index (χ0v) is 18.7. The van der Waals surface area contributed by atoms with Crippen molar-refractivity contribution in [3.8, 4) is 0 Å². The first-order valence-electron chi connectivity index (χ1n) is 9.75. The summed E-state index contributed by atoms with van der Waals surface area (Å²) in [6.07, 6.45) is 2.13. The number of carbonyl (C=O) groups is 5. The molecule has 13 heteroatoms. The molecule has 0 saturated heterocycles. The predicted molar refractivity (Wildman–Crippen MR) is 115 cm³/mol. The van der Waals surface area contributed by atoms with Crippen molar-refractivity contribution in [3.63, 3.8) is 0 Å². The van der Waals surface area contributed by atoms with Gasteiger partial charge in [-0.3, -0.25) is 19.2 Å². The van der Waals surface area contributed by atoms with E-state index in [1.54, 1.807) is 13.8 Å². The number of aliphatic carboxylic acids is 1. The van der Waals surface area contributed by atoms with Gasteiger partial charge in [0, 0.05) is 0 Å². The Hall–Kier alpha value is -2.38. The third-order valence-electron chi connectivity index (χ3n) is 4.60. The summed E-state index contributed by atoms with van der Waals surface area (Å²) in [4.78, 5) is 60.0. The Morgan fingerprint density at radius 2 is 1.58 bits per heavy atom. The number of nitrogens with two attached hydrogens (primary N) is 2. The number of aliphatic hydroxyl groups is 1. The van der Waals surface area contributed by atoms with E-state index in [4.69, 9.17) is 21.7 Å². The second-order valence-corrected chi connectivity index (χ2v) is 8.06. The normalized spacial score (nSPS) is 15.6. The van der Waals surface area contributed by atoms with E-state index in [1.165, 1.54) is 11.8 Å². The van der Waals surface area contributed by atoms with E-state index in [0.29, 0.717) is 18.6 Å². The van der Waals surface area contributed by atoms with Gasteiger partial charge in [0.2, 0.25) is 23.6 Å². The molecule has 0 heterocycles. The first-order valence-corrected chi connectivity index (χ1v) is 11.1. The first kappa shape index (κ1) is 28.6. The molecular formula is C18H33N5O7S. The van der Waals surface area contributed by atoms with E-state index < -0.39 is 72.7 Å². The van der Waals surface area contributed by atoms with Crippen molar-refractivity contribution in [1.29, 1.82) is 0 Å². The predicted octanol–water partition coefficient (Wildman–Crippen LogP) is -2.48. The molecule has 0 aromatic rings. The molecule has 0 spiro atoms. The SMILES string of the molecule is CCC(C)C(NC(=O)C(CC(N)=O)NC(=O)C(N)CCSC)C(=O)NC(CO)C(=O)O. The zero-order chi connectivity index (χ0) is 24.1. The molecule has 4 amide bonds. The van der Waals surface area contributed by atoms with Gasteiger partial charge in [-0.15, -0.1) is 0 Å². The minimum absolute atomic E-state index is 0.355. The number of carbonyl (C=O) groups excluding carboxylic acids is 4. The van der Waals surface area contributed by atoms with Crippen LogP contribution in [0.2, 0.25) is 0 Å². The quantitative estimate of drug-likeness (QED) is 0.137. The third kappa shape index (κ3) is 10.5. The molecule has 0 fully saturated rings. The molecule has 0 radical (unpaired) electrons. The molecule has 0 aromatic heterocycles. The van der Waals surface area contributed by atoms with Crippen molar-refractivity contribution in [3.05, 3.63) is 0 Å². The summed E-state index contributed by atoms with van der Waals surface area (Å²) in [6.45, 7) is 2.57. The minimum atomic E-state index is -1.55. The number of carboxylic acid groups (broad SMARTS) is 1. The molecule has 5 unspecified atom stereocenters. The molecule has 31 heavy (non-hydrogen) atoms. The number of hydrogen-bond acceptors (Lipinski definition) is 8. The number of primary amides is 1. The van der Waals surface area contributed by atoms with E-state index in [0.717, 1.165) is 0 Å². The standard InChI is InChI=1S/C18H33N5O7S/c1-4-9(2)14(17(28)22-12(8-24)18(29)30)23-16(27)11(7-13(20)25)21-15(26)10(19)5-6-31-3/h9-12,14,24H,4-8,19H2,1-3H3,(H2,20,25)(H,21,26)(H,22,28)(H,23,27)(H,29,30). The number of amides is 4. The Labute approximate surface area is 185 Å². The van der Waals surface area contributed by atoms with Crippen LogP contribution < -0.4 is 27.4 Å². The van der Waals surface area contributed by atoms with Gasteiger partial charge in [0.25, 0.3) is 0 Å². The summed E-state index contributed by atoms with van der Waals surface area (Å²) in [5.41, 5.74) is 11.0. The van der Waals surface area contributed by atoms with Gasteiger partial charge in [-0.05, 0) is 24.3 Å². The van der Waals surface area contributed by atoms with Crippen LogP contribution in [0.15, 0.2) is 0 Å². The monoisotopic (exact) mass is 463 g/mol. The van der Waals surface area contributed by atoms with Crippen molar-refractivity contribution in [1.82, 2.24) is 16.0 Å². The van der Waals surface area contributed by atoms with Crippen molar-refractivity contribution < 1.29 is 34.2 Å². The van der Waals surface area contributed by atoms with Gasteiger partial charge in [-0.2, -0.15) is 11.8 Å². The van der Waals surface area contributed by atoms with E-state index in [2.05, 4.69) is 16.0 Å². The number of thioether (sulfide) groups is 1. The lowest BCUT2D eigenvalue weighted by Gasteiger charge is -2.27.